The van der Waals surface area contributed by atoms with E-state index in [9.17, 15) is 14.4 Å². The van der Waals surface area contributed by atoms with Gasteiger partial charge in [-0.05, 0) is 85.0 Å². The van der Waals surface area contributed by atoms with Crippen LogP contribution in [0.5, 0.6) is 5.75 Å². The second-order valence-corrected chi connectivity index (χ2v) is 9.09. The Labute approximate surface area is 195 Å². The van der Waals surface area contributed by atoms with Gasteiger partial charge in [0.2, 0.25) is 0 Å². The molecule has 1 heterocycles. The lowest BCUT2D eigenvalue weighted by atomic mass is 9.87. The Kier molecular flexibility index (Phi) is 7.24. The summed E-state index contributed by atoms with van der Waals surface area (Å²) in [4.78, 5) is 35.7. The van der Waals surface area contributed by atoms with E-state index in [2.05, 4.69) is 10.6 Å². The highest BCUT2D eigenvalue weighted by atomic mass is 32.1. The number of carbonyl (C=O) groups is 3. The smallest absolute Gasteiger partial charge is 0.306 e. The summed E-state index contributed by atoms with van der Waals surface area (Å²) < 4.78 is 7.07. The molecule has 33 heavy (non-hydrogen) atoms. The van der Waals surface area contributed by atoms with E-state index in [-0.39, 0.29) is 23.8 Å². The van der Waals surface area contributed by atoms with Crippen LogP contribution in [0.25, 0.3) is 10.1 Å². The van der Waals surface area contributed by atoms with Crippen molar-refractivity contribution in [3.63, 3.8) is 0 Å². The minimum Gasteiger partial charge on any atom is -0.490 e. The van der Waals surface area contributed by atoms with E-state index in [0.717, 1.165) is 10.1 Å². The van der Waals surface area contributed by atoms with Gasteiger partial charge in [0.05, 0.1) is 12.0 Å². The largest absolute Gasteiger partial charge is 0.490 e. The first-order valence-corrected chi connectivity index (χ1v) is 11.9. The number of aliphatic carboxylic acids is 1. The average Bonchev–Trinajstić information content (AvgIpc) is 3.30. The lowest BCUT2D eigenvalue weighted by molar-refractivity contribution is -0.143. The molecule has 1 fully saturated rings. The number of amides is 2. The topological polar surface area (TPSA) is 105 Å². The zero-order valence-electron chi connectivity index (χ0n) is 18.1. The summed E-state index contributed by atoms with van der Waals surface area (Å²) in [7, 11) is 0. The fraction of sp³-hybridized carbons (Fsp3) is 0.320. The molecule has 7 nitrogen and oxygen atoms in total. The van der Waals surface area contributed by atoms with Crippen LogP contribution in [-0.4, -0.2) is 42.1 Å². The van der Waals surface area contributed by atoms with Crippen molar-refractivity contribution in [1.29, 1.82) is 0 Å². The number of rotatable bonds is 8. The van der Waals surface area contributed by atoms with Gasteiger partial charge in [-0.3, -0.25) is 14.4 Å². The predicted molar refractivity (Wildman–Crippen MR) is 127 cm³/mol. The van der Waals surface area contributed by atoms with Crippen LogP contribution >= 0.6 is 11.3 Å². The van der Waals surface area contributed by atoms with E-state index in [1.807, 2.05) is 23.6 Å². The molecule has 4 rings (SSSR count). The third-order valence-corrected chi connectivity index (χ3v) is 6.75. The van der Waals surface area contributed by atoms with Crippen LogP contribution in [0.3, 0.4) is 0 Å². The summed E-state index contributed by atoms with van der Waals surface area (Å²) in [6.45, 7) is 0.642. The number of carboxylic acid groups (broad SMARTS) is 1. The number of benzene rings is 2. The molecule has 0 spiro atoms. The van der Waals surface area contributed by atoms with E-state index in [0.29, 0.717) is 55.6 Å². The van der Waals surface area contributed by atoms with Gasteiger partial charge < -0.3 is 20.5 Å². The molecule has 2 aromatic carbocycles. The Morgan fingerprint density at radius 1 is 0.879 bits per heavy atom. The van der Waals surface area contributed by atoms with Gasteiger partial charge in [-0.1, -0.05) is 0 Å². The zero-order chi connectivity index (χ0) is 23.2. The van der Waals surface area contributed by atoms with Gasteiger partial charge in [0.25, 0.3) is 11.8 Å². The molecule has 3 aromatic rings. The third-order valence-electron chi connectivity index (χ3n) is 5.85. The number of ether oxygens (including phenoxy) is 1. The molecule has 3 N–H and O–H groups in total. The fourth-order valence-corrected chi connectivity index (χ4v) is 4.74. The molecule has 1 aliphatic rings. The number of fused-ring (bicyclic) bond motifs is 1. The van der Waals surface area contributed by atoms with Gasteiger partial charge in [-0.15, -0.1) is 11.3 Å². The second-order valence-electron chi connectivity index (χ2n) is 8.14. The Morgan fingerprint density at radius 3 is 2.18 bits per heavy atom. The molecule has 0 bridgehead atoms. The Hall–Kier alpha value is -3.39. The van der Waals surface area contributed by atoms with Gasteiger partial charge in [0, 0.05) is 28.9 Å². The maximum Gasteiger partial charge on any atom is 0.306 e. The molecule has 8 heteroatoms. The van der Waals surface area contributed by atoms with Gasteiger partial charge >= 0.3 is 5.97 Å². The predicted octanol–water partition coefficient (Wildman–Crippen LogP) is 4.08. The zero-order valence-corrected chi connectivity index (χ0v) is 18.9. The summed E-state index contributed by atoms with van der Waals surface area (Å²) in [6.07, 6.45) is 2.68. The quantitative estimate of drug-likeness (QED) is 0.434. The second kappa shape index (κ2) is 10.5. The Balaban J connectivity index is 1.19. The third kappa shape index (κ3) is 5.90. The van der Waals surface area contributed by atoms with Crippen LogP contribution in [-0.2, 0) is 4.79 Å². The minimum absolute atomic E-state index is 0.00402. The number of hydrogen-bond acceptors (Lipinski definition) is 5. The normalized spacial score (nSPS) is 17.9. The van der Waals surface area contributed by atoms with Crippen LogP contribution in [0.4, 0.5) is 0 Å². The van der Waals surface area contributed by atoms with Crippen molar-refractivity contribution in [2.75, 3.05) is 13.1 Å². The molecule has 1 aliphatic carbocycles. The molecular weight excluding hydrogens is 440 g/mol. The first-order chi connectivity index (χ1) is 16.0. The maximum atomic E-state index is 12.4. The molecule has 1 aromatic heterocycles. The molecule has 1 saturated carbocycles. The van der Waals surface area contributed by atoms with E-state index in [4.69, 9.17) is 9.84 Å². The summed E-state index contributed by atoms with van der Waals surface area (Å²) in [5.74, 6) is -0.734. The van der Waals surface area contributed by atoms with Crippen molar-refractivity contribution in [3.8, 4) is 5.75 Å². The molecule has 0 saturated heterocycles. The molecule has 0 unspecified atom stereocenters. The first kappa shape index (κ1) is 22.8. The lowest BCUT2D eigenvalue weighted by Gasteiger charge is -2.26. The lowest BCUT2D eigenvalue weighted by Crippen LogP contribution is -2.34. The SMILES string of the molecule is O=C(NCCNC(=O)c1ccc2sccc2c1)c1ccc(O[C@H]2CC[C@@H](C(=O)O)CC2)cc1. The minimum atomic E-state index is -0.733. The molecule has 0 atom stereocenters. The van der Waals surface area contributed by atoms with Crippen molar-refractivity contribution in [1.82, 2.24) is 10.6 Å². The first-order valence-electron chi connectivity index (χ1n) is 11.0. The number of carbonyl (C=O) groups excluding carboxylic acids is 2. The van der Waals surface area contributed by atoms with Gasteiger partial charge in [-0.2, -0.15) is 0 Å². The van der Waals surface area contributed by atoms with Crippen LogP contribution in [0.2, 0.25) is 0 Å². The number of thiophene rings is 1. The van der Waals surface area contributed by atoms with Crippen molar-refractivity contribution < 1.29 is 24.2 Å². The highest BCUT2D eigenvalue weighted by Gasteiger charge is 2.26. The van der Waals surface area contributed by atoms with E-state index in [1.165, 1.54) is 0 Å². The average molecular weight is 467 g/mol. The van der Waals surface area contributed by atoms with E-state index in [1.54, 1.807) is 41.7 Å². The van der Waals surface area contributed by atoms with Crippen molar-refractivity contribution in [2.45, 2.75) is 31.8 Å². The van der Waals surface area contributed by atoms with E-state index >= 15 is 0 Å². The highest BCUT2D eigenvalue weighted by molar-refractivity contribution is 7.17. The van der Waals surface area contributed by atoms with Crippen molar-refractivity contribution in [2.24, 2.45) is 5.92 Å². The Morgan fingerprint density at radius 2 is 1.52 bits per heavy atom. The van der Waals surface area contributed by atoms with Crippen LogP contribution < -0.4 is 15.4 Å². The molecular formula is C25H26N2O5S. The fourth-order valence-electron chi connectivity index (χ4n) is 3.97. The van der Waals surface area contributed by atoms with Crippen LogP contribution in [0, 0.1) is 5.92 Å². The van der Waals surface area contributed by atoms with Gasteiger partial charge in [-0.25, -0.2) is 0 Å². The van der Waals surface area contributed by atoms with Gasteiger partial charge in [0.1, 0.15) is 5.75 Å². The van der Waals surface area contributed by atoms with Crippen LogP contribution in [0.15, 0.2) is 53.9 Å². The maximum absolute atomic E-state index is 12.4. The van der Waals surface area contributed by atoms with Gasteiger partial charge in [0.15, 0.2) is 0 Å². The number of nitrogens with one attached hydrogen (secondary N) is 2. The van der Waals surface area contributed by atoms with Crippen LogP contribution in [0.1, 0.15) is 46.4 Å². The molecule has 172 valence electrons. The highest BCUT2D eigenvalue weighted by Crippen LogP contribution is 2.28. The molecule has 2 amide bonds. The van der Waals surface area contributed by atoms with Crippen molar-refractivity contribution in [3.05, 3.63) is 65.0 Å². The summed E-state index contributed by atoms with van der Waals surface area (Å²) in [5.41, 5.74) is 1.10. The Bertz CT molecular complexity index is 1130. The number of hydrogen-bond donors (Lipinski definition) is 3. The number of carboxylic acids is 1. The summed E-state index contributed by atoms with van der Waals surface area (Å²) in [6, 6.07) is 14.5. The molecule has 0 aliphatic heterocycles. The molecule has 0 radical (unpaired) electrons. The van der Waals surface area contributed by atoms with Crippen molar-refractivity contribution >= 4 is 39.2 Å². The summed E-state index contributed by atoms with van der Waals surface area (Å²) >= 11 is 1.63. The standard InChI is InChI=1S/C25H26N2O5S/c28-23(26-12-13-27-24(29)19-5-10-22-18(15-19)11-14-33-22)16-1-6-20(7-2-16)32-21-8-3-17(4-9-21)25(30)31/h1-2,5-7,10-11,14-15,17,21H,3-4,8-9,12-13H2,(H,26,28)(H,27,29)(H,30,31)/t17-,21+. The monoisotopic (exact) mass is 466 g/mol. The van der Waals surface area contributed by atoms with E-state index < -0.39 is 5.97 Å². The summed E-state index contributed by atoms with van der Waals surface area (Å²) in [5, 5.41) is 17.7.